The zero-order valence-electron chi connectivity index (χ0n) is 16.5. The third kappa shape index (κ3) is 5.97. The van der Waals surface area contributed by atoms with Gasteiger partial charge in [-0.3, -0.25) is 9.59 Å². The highest BCUT2D eigenvalue weighted by molar-refractivity contribution is 5.97. The van der Waals surface area contributed by atoms with Gasteiger partial charge in [-0.25, -0.2) is 0 Å². The summed E-state index contributed by atoms with van der Waals surface area (Å²) in [4.78, 5) is 24.7. The van der Waals surface area contributed by atoms with Crippen LogP contribution in [0.15, 0.2) is 71.3 Å². The first-order valence-corrected chi connectivity index (χ1v) is 9.40. The minimum Gasteiger partial charge on any atom is -0.489 e. The Morgan fingerprint density at radius 3 is 2.66 bits per heavy atom. The van der Waals surface area contributed by atoms with Crippen LogP contribution in [0.3, 0.4) is 0 Å². The molecule has 6 nitrogen and oxygen atoms in total. The van der Waals surface area contributed by atoms with Crippen molar-refractivity contribution in [3.05, 3.63) is 89.4 Å². The van der Waals surface area contributed by atoms with E-state index < -0.39 is 6.04 Å². The minimum atomic E-state index is -0.686. The molecule has 1 heterocycles. The number of nitrogens with one attached hydrogen (secondary N) is 2. The standard InChI is InChI=1S/C23H24N2O4/c1-16-6-3-7-18(12-16)15-29-20-9-4-8-19(13-20)23(27)25-17(2)22(26)24-14-21-10-5-11-28-21/h3-13,17H,14-15H2,1-2H3,(H,24,26)(H,25,27). The van der Waals surface area contributed by atoms with Crippen LogP contribution < -0.4 is 15.4 Å². The molecule has 2 aromatic carbocycles. The van der Waals surface area contributed by atoms with Gasteiger partial charge in [0, 0.05) is 5.56 Å². The maximum Gasteiger partial charge on any atom is 0.252 e. The molecule has 0 spiro atoms. The number of furan rings is 1. The van der Waals surface area contributed by atoms with Gasteiger partial charge in [0.1, 0.15) is 24.2 Å². The van der Waals surface area contributed by atoms with Crippen LogP contribution in [0.2, 0.25) is 0 Å². The number of carbonyl (C=O) groups is 2. The fraction of sp³-hybridized carbons (Fsp3) is 0.217. The fourth-order valence-corrected chi connectivity index (χ4v) is 2.78. The Hall–Kier alpha value is -3.54. The van der Waals surface area contributed by atoms with E-state index in [-0.39, 0.29) is 18.4 Å². The summed E-state index contributed by atoms with van der Waals surface area (Å²) in [5, 5.41) is 5.42. The first kappa shape index (κ1) is 20.2. The molecule has 1 aromatic heterocycles. The molecule has 0 aliphatic carbocycles. The summed E-state index contributed by atoms with van der Waals surface area (Å²) in [5.41, 5.74) is 2.65. The highest BCUT2D eigenvalue weighted by Crippen LogP contribution is 2.16. The number of aryl methyl sites for hydroxylation is 1. The molecule has 0 fully saturated rings. The van der Waals surface area contributed by atoms with Crippen molar-refractivity contribution in [2.45, 2.75) is 33.0 Å². The maximum absolute atomic E-state index is 12.5. The monoisotopic (exact) mass is 392 g/mol. The Balaban J connectivity index is 1.53. The summed E-state index contributed by atoms with van der Waals surface area (Å²) in [6.07, 6.45) is 1.54. The number of hydrogen-bond acceptors (Lipinski definition) is 4. The molecule has 1 unspecified atom stereocenters. The van der Waals surface area contributed by atoms with E-state index in [1.54, 1.807) is 49.6 Å². The molecule has 2 N–H and O–H groups in total. The van der Waals surface area contributed by atoms with Gasteiger partial charge in [0.05, 0.1) is 12.8 Å². The second-order valence-electron chi connectivity index (χ2n) is 6.80. The topological polar surface area (TPSA) is 80.6 Å². The van der Waals surface area contributed by atoms with Crippen molar-refractivity contribution in [2.75, 3.05) is 0 Å². The summed E-state index contributed by atoms with van der Waals surface area (Å²) in [7, 11) is 0. The zero-order chi connectivity index (χ0) is 20.6. The third-order valence-electron chi connectivity index (χ3n) is 4.34. The predicted octanol–water partition coefficient (Wildman–Crippen LogP) is 3.60. The average molecular weight is 392 g/mol. The number of amides is 2. The van der Waals surface area contributed by atoms with Crippen LogP contribution in [0.25, 0.3) is 0 Å². The lowest BCUT2D eigenvalue weighted by Crippen LogP contribution is -2.44. The predicted molar refractivity (Wildman–Crippen MR) is 109 cm³/mol. The van der Waals surface area contributed by atoms with E-state index in [2.05, 4.69) is 16.7 Å². The van der Waals surface area contributed by atoms with Crippen LogP contribution in [0.1, 0.15) is 34.2 Å². The van der Waals surface area contributed by atoms with Crippen LogP contribution in [0.5, 0.6) is 5.75 Å². The van der Waals surface area contributed by atoms with Gasteiger partial charge < -0.3 is 19.8 Å². The Labute approximate surface area is 169 Å². The summed E-state index contributed by atoms with van der Waals surface area (Å²) < 4.78 is 11.0. The van der Waals surface area contributed by atoms with Crippen molar-refractivity contribution in [1.29, 1.82) is 0 Å². The summed E-state index contributed by atoms with van der Waals surface area (Å²) in [6.45, 7) is 4.35. The van der Waals surface area contributed by atoms with Crippen molar-refractivity contribution >= 4 is 11.8 Å². The highest BCUT2D eigenvalue weighted by Gasteiger charge is 2.17. The van der Waals surface area contributed by atoms with E-state index in [1.165, 1.54) is 5.56 Å². The molecular formula is C23H24N2O4. The molecule has 6 heteroatoms. The van der Waals surface area contributed by atoms with Crippen LogP contribution in [-0.2, 0) is 17.9 Å². The third-order valence-corrected chi connectivity index (χ3v) is 4.34. The second-order valence-corrected chi connectivity index (χ2v) is 6.80. The number of carbonyl (C=O) groups excluding carboxylic acids is 2. The van der Waals surface area contributed by atoms with Gasteiger partial charge >= 0.3 is 0 Å². The number of rotatable bonds is 8. The lowest BCUT2D eigenvalue weighted by molar-refractivity contribution is -0.122. The van der Waals surface area contributed by atoms with E-state index in [4.69, 9.17) is 9.15 Å². The van der Waals surface area contributed by atoms with E-state index >= 15 is 0 Å². The second kappa shape index (κ2) is 9.59. The quantitative estimate of drug-likeness (QED) is 0.614. The number of hydrogen-bond donors (Lipinski definition) is 2. The molecule has 2 amide bonds. The molecule has 0 aliphatic rings. The van der Waals surface area contributed by atoms with E-state index in [0.29, 0.717) is 23.7 Å². The molecule has 0 bridgehead atoms. The van der Waals surface area contributed by atoms with Gasteiger partial charge in [0.25, 0.3) is 5.91 Å². The van der Waals surface area contributed by atoms with Gasteiger partial charge in [0.2, 0.25) is 5.91 Å². The largest absolute Gasteiger partial charge is 0.489 e. The van der Waals surface area contributed by atoms with Crippen molar-refractivity contribution in [3.8, 4) is 5.75 Å². The van der Waals surface area contributed by atoms with Crippen LogP contribution >= 0.6 is 0 Å². The summed E-state index contributed by atoms with van der Waals surface area (Å²) in [5.74, 6) is 0.609. The van der Waals surface area contributed by atoms with E-state index in [0.717, 1.165) is 5.56 Å². The Morgan fingerprint density at radius 1 is 1.07 bits per heavy atom. The Kier molecular flexibility index (Phi) is 6.68. The maximum atomic E-state index is 12.5. The summed E-state index contributed by atoms with van der Waals surface area (Å²) >= 11 is 0. The number of benzene rings is 2. The lowest BCUT2D eigenvalue weighted by atomic mass is 10.1. The molecule has 29 heavy (non-hydrogen) atoms. The fourth-order valence-electron chi connectivity index (χ4n) is 2.78. The van der Waals surface area contributed by atoms with E-state index in [1.807, 2.05) is 25.1 Å². The van der Waals surface area contributed by atoms with Crippen LogP contribution in [0.4, 0.5) is 0 Å². The summed E-state index contributed by atoms with van der Waals surface area (Å²) in [6, 6.07) is 17.8. The Morgan fingerprint density at radius 2 is 1.90 bits per heavy atom. The average Bonchev–Trinajstić information content (AvgIpc) is 3.24. The zero-order valence-corrected chi connectivity index (χ0v) is 16.5. The normalized spacial score (nSPS) is 11.5. The van der Waals surface area contributed by atoms with Crippen molar-refractivity contribution in [1.82, 2.24) is 10.6 Å². The first-order valence-electron chi connectivity index (χ1n) is 9.40. The molecule has 0 saturated carbocycles. The highest BCUT2D eigenvalue weighted by atomic mass is 16.5. The van der Waals surface area contributed by atoms with Crippen molar-refractivity contribution in [2.24, 2.45) is 0 Å². The van der Waals surface area contributed by atoms with Crippen LogP contribution in [0, 0.1) is 6.92 Å². The van der Waals surface area contributed by atoms with Crippen molar-refractivity contribution in [3.63, 3.8) is 0 Å². The minimum absolute atomic E-state index is 0.272. The Bertz CT molecular complexity index is 967. The van der Waals surface area contributed by atoms with E-state index in [9.17, 15) is 9.59 Å². The van der Waals surface area contributed by atoms with Crippen LogP contribution in [-0.4, -0.2) is 17.9 Å². The molecular weight excluding hydrogens is 368 g/mol. The van der Waals surface area contributed by atoms with Crippen molar-refractivity contribution < 1.29 is 18.7 Å². The molecule has 3 aromatic rings. The number of ether oxygens (including phenoxy) is 1. The van der Waals surface area contributed by atoms with Gasteiger partial charge in [-0.05, 0) is 49.7 Å². The van der Waals surface area contributed by atoms with Gasteiger partial charge in [-0.1, -0.05) is 35.9 Å². The molecule has 1 atom stereocenters. The SMILES string of the molecule is Cc1cccc(COc2cccc(C(=O)NC(C)C(=O)NCc3ccco3)c2)c1. The van der Waals surface area contributed by atoms with Gasteiger partial charge in [0.15, 0.2) is 0 Å². The molecule has 150 valence electrons. The smallest absolute Gasteiger partial charge is 0.252 e. The van der Waals surface area contributed by atoms with Gasteiger partial charge in [-0.15, -0.1) is 0 Å². The molecule has 0 aliphatic heterocycles. The molecule has 0 radical (unpaired) electrons. The molecule has 0 saturated heterocycles. The molecule has 3 rings (SSSR count). The lowest BCUT2D eigenvalue weighted by Gasteiger charge is -2.14. The first-order chi connectivity index (χ1) is 14.0. The van der Waals surface area contributed by atoms with Gasteiger partial charge in [-0.2, -0.15) is 0 Å².